The number of unbranched alkanes of at least 4 members (excludes halogenated alkanes) is 12. The topological polar surface area (TPSA) is 55.2 Å². The van der Waals surface area contributed by atoms with Crippen molar-refractivity contribution < 1.29 is 5.11 Å². The summed E-state index contributed by atoms with van der Waals surface area (Å²) in [6, 6.07) is 0. The van der Waals surface area contributed by atoms with Crippen LogP contribution in [-0.2, 0) is 0 Å². The highest BCUT2D eigenvalue weighted by molar-refractivity contribution is 4.61. The zero-order valence-electron chi connectivity index (χ0n) is 15.3. The SMILES string of the molecule is CC(C)(C)CCCCCCCCCCCCCCCO.N. The quantitative estimate of drug-likeness (QED) is 0.353. The van der Waals surface area contributed by atoms with Crippen LogP contribution in [0.5, 0.6) is 0 Å². The summed E-state index contributed by atoms with van der Waals surface area (Å²) >= 11 is 0. The molecule has 0 aliphatic heterocycles. The van der Waals surface area contributed by atoms with Crippen molar-refractivity contribution in [1.82, 2.24) is 6.15 Å². The Kier molecular flexibility index (Phi) is 18.0. The van der Waals surface area contributed by atoms with E-state index >= 15 is 0 Å². The van der Waals surface area contributed by atoms with Crippen molar-refractivity contribution >= 4 is 0 Å². The maximum atomic E-state index is 8.68. The van der Waals surface area contributed by atoms with E-state index in [0.717, 1.165) is 6.42 Å². The largest absolute Gasteiger partial charge is 0.396 e. The molecule has 0 aromatic heterocycles. The molecule has 0 aliphatic rings. The summed E-state index contributed by atoms with van der Waals surface area (Å²) in [5.74, 6) is 0. The van der Waals surface area contributed by atoms with E-state index in [2.05, 4.69) is 20.8 Å². The lowest BCUT2D eigenvalue weighted by Crippen LogP contribution is -2.03. The van der Waals surface area contributed by atoms with Gasteiger partial charge in [0.05, 0.1) is 0 Å². The van der Waals surface area contributed by atoms with Gasteiger partial charge in [0.25, 0.3) is 0 Å². The van der Waals surface area contributed by atoms with Crippen LogP contribution in [0.2, 0.25) is 0 Å². The van der Waals surface area contributed by atoms with Gasteiger partial charge in [-0.15, -0.1) is 0 Å². The van der Waals surface area contributed by atoms with Crippen LogP contribution in [0.4, 0.5) is 0 Å². The average molecular weight is 302 g/mol. The highest BCUT2D eigenvalue weighted by atomic mass is 16.2. The fraction of sp³-hybridized carbons (Fsp3) is 1.00. The molecule has 0 spiro atoms. The van der Waals surface area contributed by atoms with Crippen molar-refractivity contribution in [3.8, 4) is 0 Å². The second-order valence-corrected chi connectivity index (χ2v) is 7.63. The summed E-state index contributed by atoms with van der Waals surface area (Å²) in [6.45, 7) is 7.40. The molecule has 0 atom stereocenters. The number of hydrogen-bond donors (Lipinski definition) is 2. The lowest BCUT2D eigenvalue weighted by molar-refractivity contribution is 0.282. The van der Waals surface area contributed by atoms with E-state index < -0.39 is 0 Å². The standard InChI is InChI=1S/C19H40O.H3N/c1-19(2,3)17-15-13-11-9-7-5-4-6-8-10-12-14-16-18-20;/h20H,4-18H2,1-3H3;1H3. The molecule has 0 bridgehead atoms. The third-order valence-electron chi connectivity index (χ3n) is 4.08. The minimum Gasteiger partial charge on any atom is -0.396 e. The van der Waals surface area contributed by atoms with Crippen molar-refractivity contribution in [3.05, 3.63) is 0 Å². The summed E-state index contributed by atoms with van der Waals surface area (Å²) in [4.78, 5) is 0. The molecule has 0 heterocycles. The Morgan fingerprint density at radius 3 is 1.10 bits per heavy atom. The van der Waals surface area contributed by atoms with Crippen LogP contribution in [0.3, 0.4) is 0 Å². The van der Waals surface area contributed by atoms with Crippen molar-refractivity contribution in [3.63, 3.8) is 0 Å². The van der Waals surface area contributed by atoms with E-state index in [4.69, 9.17) is 5.11 Å². The molecule has 0 saturated heterocycles. The molecule has 0 unspecified atom stereocenters. The molecule has 0 fully saturated rings. The van der Waals surface area contributed by atoms with Crippen molar-refractivity contribution in [2.45, 2.75) is 111 Å². The molecule has 0 rings (SSSR count). The van der Waals surface area contributed by atoms with E-state index in [1.807, 2.05) is 0 Å². The van der Waals surface area contributed by atoms with Gasteiger partial charge in [0, 0.05) is 6.61 Å². The highest BCUT2D eigenvalue weighted by Crippen LogP contribution is 2.22. The first-order valence-electron chi connectivity index (χ1n) is 9.17. The van der Waals surface area contributed by atoms with E-state index in [-0.39, 0.29) is 6.15 Å². The fourth-order valence-electron chi connectivity index (χ4n) is 2.71. The van der Waals surface area contributed by atoms with Gasteiger partial charge in [-0.05, 0) is 18.3 Å². The van der Waals surface area contributed by atoms with Gasteiger partial charge in [0.1, 0.15) is 0 Å². The molecular formula is C19H43NO. The van der Waals surface area contributed by atoms with Crippen LogP contribution in [-0.4, -0.2) is 11.7 Å². The van der Waals surface area contributed by atoms with Crippen LogP contribution in [0.25, 0.3) is 0 Å². The minimum atomic E-state index is 0. The first kappa shape index (κ1) is 23.2. The molecule has 0 amide bonds. The molecule has 2 nitrogen and oxygen atoms in total. The molecule has 0 aromatic rings. The Bertz CT molecular complexity index is 186. The molecule has 0 aromatic carbocycles. The Morgan fingerprint density at radius 1 is 0.524 bits per heavy atom. The molecule has 2 heteroatoms. The minimum absolute atomic E-state index is 0. The molecule has 21 heavy (non-hydrogen) atoms. The smallest absolute Gasteiger partial charge is 0.0431 e. The first-order chi connectivity index (χ1) is 9.56. The summed E-state index contributed by atoms with van der Waals surface area (Å²) in [6.07, 6.45) is 19.1. The number of rotatable bonds is 14. The van der Waals surface area contributed by atoms with E-state index in [0.29, 0.717) is 12.0 Å². The van der Waals surface area contributed by atoms with Gasteiger partial charge in [-0.1, -0.05) is 97.8 Å². The Hall–Kier alpha value is -0.0800. The van der Waals surface area contributed by atoms with Crippen LogP contribution in [0.1, 0.15) is 111 Å². The van der Waals surface area contributed by atoms with E-state index in [1.54, 1.807) is 0 Å². The predicted molar refractivity (Wildman–Crippen MR) is 96.2 cm³/mol. The second kappa shape index (κ2) is 16.3. The Labute approximate surface area is 134 Å². The maximum absolute atomic E-state index is 8.68. The fourth-order valence-corrected chi connectivity index (χ4v) is 2.71. The van der Waals surface area contributed by atoms with Crippen LogP contribution >= 0.6 is 0 Å². The van der Waals surface area contributed by atoms with Gasteiger partial charge in [-0.25, -0.2) is 0 Å². The lowest BCUT2D eigenvalue weighted by Gasteiger charge is -2.17. The summed E-state index contributed by atoms with van der Waals surface area (Å²) < 4.78 is 0. The van der Waals surface area contributed by atoms with Gasteiger partial charge < -0.3 is 11.3 Å². The summed E-state index contributed by atoms with van der Waals surface area (Å²) in [5, 5.41) is 8.68. The van der Waals surface area contributed by atoms with Gasteiger partial charge in [-0.3, -0.25) is 0 Å². The molecule has 0 radical (unpaired) electrons. The number of hydrogen-bond acceptors (Lipinski definition) is 2. The monoisotopic (exact) mass is 301 g/mol. The zero-order chi connectivity index (χ0) is 15.1. The third kappa shape index (κ3) is 22.3. The normalized spacial score (nSPS) is 11.4. The Morgan fingerprint density at radius 2 is 0.810 bits per heavy atom. The second-order valence-electron chi connectivity index (χ2n) is 7.63. The zero-order valence-corrected chi connectivity index (χ0v) is 15.3. The van der Waals surface area contributed by atoms with Gasteiger partial charge in [-0.2, -0.15) is 0 Å². The highest BCUT2D eigenvalue weighted by Gasteiger charge is 2.08. The molecular weight excluding hydrogens is 258 g/mol. The average Bonchev–Trinajstić information content (AvgIpc) is 2.38. The molecule has 4 N–H and O–H groups in total. The summed E-state index contributed by atoms with van der Waals surface area (Å²) in [5.41, 5.74) is 0.525. The third-order valence-corrected chi connectivity index (χ3v) is 4.08. The lowest BCUT2D eigenvalue weighted by atomic mass is 9.89. The first-order valence-corrected chi connectivity index (χ1v) is 9.17. The molecule has 0 saturated carbocycles. The van der Waals surface area contributed by atoms with Crippen molar-refractivity contribution in [1.29, 1.82) is 0 Å². The van der Waals surface area contributed by atoms with Gasteiger partial charge >= 0.3 is 0 Å². The van der Waals surface area contributed by atoms with Crippen LogP contribution in [0, 0.1) is 5.41 Å². The molecule has 0 aliphatic carbocycles. The van der Waals surface area contributed by atoms with Gasteiger partial charge in [0.15, 0.2) is 0 Å². The number of aliphatic hydroxyl groups excluding tert-OH is 1. The Balaban J connectivity index is 0. The van der Waals surface area contributed by atoms with Crippen molar-refractivity contribution in [2.24, 2.45) is 5.41 Å². The van der Waals surface area contributed by atoms with Crippen LogP contribution in [0.15, 0.2) is 0 Å². The van der Waals surface area contributed by atoms with E-state index in [1.165, 1.54) is 83.5 Å². The van der Waals surface area contributed by atoms with Crippen molar-refractivity contribution in [2.75, 3.05) is 6.61 Å². The predicted octanol–water partition coefficient (Wildman–Crippen LogP) is 6.65. The molecule has 130 valence electrons. The summed E-state index contributed by atoms with van der Waals surface area (Å²) in [7, 11) is 0. The van der Waals surface area contributed by atoms with E-state index in [9.17, 15) is 0 Å². The maximum Gasteiger partial charge on any atom is 0.0431 e. The van der Waals surface area contributed by atoms with Crippen LogP contribution < -0.4 is 6.15 Å². The van der Waals surface area contributed by atoms with Gasteiger partial charge in [0.2, 0.25) is 0 Å². The number of aliphatic hydroxyl groups is 1.